The number of aromatic amines is 1. The number of likely N-dealkylation sites (tertiary alicyclic amines) is 1. The summed E-state index contributed by atoms with van der Waals surface area (Å²) in [4.78, 5) is 20.3. The normalized spacial score (nSPS) is 19.7. The molecule has 6 rings (SSSR count). The molecule has 8 heteroatoms. The molecule has 7 nitrogen and oxygen atoms in total. The second-order valence-electron chi connectivity index (χ2n) is 12.3. The quantitative estimate of drug-likeness (QED) is 0.228. The van der Waals surface area contributed by atoms with Gasteiger partial charge in [0.2, 0.25) is 5.91 Å². The standard InChI is InChI=1S/C34H41FN6O/c1-22(2)33(34(42)38-32-19-30(39-40-32)24-12-13-24)26-7-3-6-25(18-26)27-14-15-31(36-20-27)37-29(23-10-11-23)9-5-17-41-16-4-8-28(35)21-41/h3,5-7,9,14-15,18-20,22,24,28,33H,4,8,10-13,16-17,21H2,1-2H3,(H,36,37)(H2,38,39,40,42)/b9-5+. The van der Waals surface area contributed by atoms with Crippen LogP contribution in [-0.4, -0.2) is 51.8 Å². The third-order valence-corrected chi connectivity index (χ3v) is 8.40. The fraction of sp³-hybridized carbons (Fsp3) is 0.441. The van der Waals surface area contributed by atoms with Crippen molar-refractivity contribution >= 4 is 17.5 Å². The molecule has 3 N–H and O–H groups in total. The third kappa shape index (κ3) is 7.16. The molecule has 3 aromatic rings. The number of carbonyl (C=O) groups excluding carboxylic acids is 1. The highest BCUT2D eigenvalue weighted by Crippen LogP contribution is 2.39. The molecule has 1 aromatic carbocycles. The van der Waals surface area contributed by atoms with Crippen LogP contribution < -0.4 is 10.6 Å². The number of alkyl halides is 1. The summed E-state index contributed by atoms with van der Waals surface area (Å²) in [7, 11) is 0. The molecule has 2 unspecified atom stereocenters. The van der Waals surface area contributed by atoms with Gasteiger partial charge in [-0.15, -0.1) is 0 Å². The maximum absolute atomic E-state index is 13.7. The van der Waals surface area contributed by atoms with Crippen LogP contribution in [0.1, 0.15) is 75.5 Å². The van der Waals surface area contributed by atoms with Crippen molar-refractivity contribution in [1.82, 2.24) is 20.1 Å². The lowest BCUT2D eigenvalue weighted by Crippen LogP contribution is -2.36. The first-order valence-electron chi connectivity index (χ1n) is 15.4. The van der Waals surface area contributed by atoms with Gasteiger partial charge in [0, 0.05) is 48.2 Å². The van der Waals surface area contributed by atoms with E-state index in [2.05, 4.69) is 69.9 Å². The van der Waals surface area contributed by atoms with Crippen LogP contribution in [-0.2, 0) is 4.79 Å². The Morgan fingerprint density at radius 2 is 1.95 bits per heavy atom. The van der Waals surface area contributed by atoms with Crippen LogP contribution in [0.4, 0.5) is 16.0 Å². The summed E-state index contributed by atoms with van der Waals surface area (Å²) in [5, 5.41) is 13.9. The number of H-pyrrole nitrogens is 1. The summed E-state index contributed by atoms with van der Waals surface area (Å²) >= 11 is 0. The van der Waals surface area contributed by atoms with Crippen molar-refractivity contribution in [3.05, 3.63) is 83.3 Å². The highest BCUT2D eigenvalue weighted by molar-refractivity contribution is 5.95. The summed E-state index contributed by atoms with van der Waals surface area (Å²) < 4.78 is 13.7. The molecule has 2 aromatic heterocycles. The van der Waals surface area contributed by atoms with Gasteiger partial charge in [-0.1, -0.05) is 44.2 Å². The van der Waals surface area contributed by atoms with E-state index >= 15 is 0 Å². The lowest BCUT2D eigenvalue weighted by Gasteiger charge is -2.27. The van der Waals surface area contributed by atoms with E-state index < -0.39 is 6.17 Å². The average molecular weight is 569 g/mol. The zero-order chi connectivity index (χ0) is 29.1. The van der Waals surface area contributed by atoms with E-state index in [4.69, 9.17) is 4.98 Å². The second kappa shape index (κ2) is 12.6. The fourth-order valence-electron chi connectivity index (χ4n) is 5.80. The maximum atomic E-state index is 13.7. The van der Waals surface area contributed by atoms with Crippen molar-refractivity contribution in [3.8, 4) is 11.1 Å². The van der Waals surface area contributed by atoms with Crippen LogP contribution in [0.2, 0.25) is 0 Å². The molecule has 42 heavy (non-hydrogen) atoms. The predicted molar refractivity (Wildman–Crippen MR) is 166 cm³/mol. The Labute approximate surface area is 247 Å². The molecular formula is C34H41FN6O. The molecule has 220 valence electrons. The number of carbonyl (C=O) groups is 1. The molecule has 2 aliphatic carbocycles. The molecular weight excluding hydrogens is 527 g/mol. The third-order valence-electron chi connectivity index (χ3n) is 8.40. The maximum Gasteiger partial charge on any atom is 0.233 e. The fourth-order valence-corrected chi connectivity index (χ4v) is 5.80. The minimum atomic E-state index is -0.703. The van der Waals surface area contributed by atoms with Crippen molar-refractivity contribution in [3.63, 3.8) is 0 Å². The minimum absolute atomic E-state index is 0.0489. The molecule has 0 radical (unpaired) electrons. The topological polar surface area (TPSA) is 85.9 Å². The highest BCUT2D eigenvalue weighted by Gasteiger charge is 2.28. The number of piperidine rings is 1. The van der Waals surface area contributed by atoms with E-state index in [1.165, 1.54) is 18.4 Å². The summed E-state index contributed by atoms with van der Waals surface area (Å²) in [6.45, 7) is 6.40. The van der Waals surface area contributed by atoms with Crippen LogP contribution >= 0.6 is 0 Å². The number of nitrogens with zero attached hydrogens (tertiary/aromatic N) is 3. The summed E-state index contributed by atoms with van der Waals surface area (Å²) in [6, 6.07) is 14.2. The first-order valence-corrected chi connectivity index (χ1v) is 15.4. The second-order valence-corrected chi connectivity index (χ2v) is 12.3. The predicted octanol–water partition coefficient (Wildman–Crippen LogP) is 7.18. The lowest BCUT2D eigenvalue weighted by atomic mass is 9.86. The number of allylic oxidation sites excluding steroid dienone is 2. The van der Waals surface area contributed by atoms with Crippen LogP contribution in [0.3, 0.4) is 0 Å². The zero-order valence-electron chi connectivity index (χ0n) is 24.6. The number of hydrogen-bond acceptors (Lipinski definition) is 5. The van der Waals surface area contributed by atoms with Gasteiger partial charge in [-0.3, -0.25) is 14.8 Å². The Bertz CT molecular complexity index is 1450. The molecule has 3 heterocycles. The van der Waals surface area contributed by atoms with Gasteiger partial charge in [0.25, 0.3) is 0 Å². The van der Waals surface area contributed by atoms with Gasteiger partial charge in [0.05, 0.1) is 5.92 Å². The van der Waals surface area contributed by atoms with Gasteiger partial charge in [0.1, 0.15) is 12.0 Å². The molecule has 3 aliphatic rings. The minimum Gasteiger partial charge on any atom is -0.340 e. The summed E-state index contributed by atoms with van der Waals surface area (Å²) in [6.07, 6.45) is 11.6. The molecule has 1 aliphatic heterocycles. The van der Waals surface area contributed by atoms with Gasteiger partial charge in [-0.05, 0) is 85.9 Å². The highest BCUT2D eigenvalue weighted by atomic mass is 19.1. The molecule has 2 saturated carbocycles. The number of pyridine rings is 1. The van der Waals surface area contributed by atoms with Crippen molar-refractivity contribution in [2.75, 3.05) is 30.3 Å². The van der Waals surface area contributed by atoms with Crippen molar-refractivity contribution in [1.29, 1.82) is 0 Å². The van der Waals surface area contributed by atoms with E-state index in [1.54, 1.807) is 0 Å². The van der Waals surface area contributed by atoms with Gasteiger partial charge in [0.15, 0.2) is 5.82 Å². The van der Waals surface area contributed by atoms with E-state index in [0.29, 0.717) is 24.7 Å². The largest absolute Gasteiger partial charge is 0.340 e. The Balaban J connectivity index is 1.11. The number of anilines is 2. The smallest absolute Gasteiger partial charge is 0.233 e. The van der Waals surface area contributed by atoms with E-state index in [0.717, 1.165) is 66.3 Å². The number of benzene rings is 1. The number of halogens is 1. The van der Waals surface area contributed by atoms with Crippen LogP contribution in [0, 0.1) is 5.92 Å². The summed E-state index contributed by atoms with van der Waals surface area (Å²) in [5.74, 6) is 1.70. The Morgan fingerprint density at radius 1 is 1.10 bits per heavy atom. The molecule has 1 saturated heterocycles. The van der Waals surface area contributed by atoms with Gasteiger partial charge < -0.3 is 10.6 Å². The van der Waals surface area contributed by atoms with Crippen LogP contribution in [0.15, 0.2) is 72.1 Å². The average Bonchev–Trinajstić information content (AvgIpc) is 3.92. The van der Waals surface area contributed by atoms with Gasteiger partial charge >= 0.3 is 0 Å². The molecule has 1 amide bonds. The molecule has 3 fully saturated rings. The summed E-state index contributed by atoms with van der Waals surface area (Å²) in [5.41, 5.74) is 6.58. The Morgan fingerprint density at radius 3 is 2.67 bits per heavy atom. The molecule has 2 atom stereocenters. The van der Waals surface area contributed by atoms with E-state index in [1.807, 2.05) is 30.5 Å². The van der Waals surface area contributed by atoms with Crippen molar-refractivity contribution in [2.24, 2.45) is 5.92 Å². The monoisotopic (exact) mass is 568 g/mol. The first kappa shape index (κ1) is 28.3. The molecule has 0 bridgehead atoms. The van der Waals surface area contributed by atoms with Crippen molar-refractivity contribution < 1.29 is 9.18 Å². The SMILES string of the molecule is CC(C)C(C(=O)Nc1cc(C2CC2)[nH]n1)c1cccc(-c2ccc(NC(/C=C/CN3CCCC(F)C3)=C3CC3)nc2)c1. The van der Waals surface area contributed by atoms with E-state index in [9.17, 15) is 9.18 Å². The van der Waals surface area contributed by atoms with Gasteiger partial charge in [-0.25, -0.2) is 9.37 Å². The number of amides is 1. The Kier molecular flexibility index (Phi) is 8.51. The number of rotatable bonds is 11. The van der Waals surface area contributed by atoms with E-state index in [-0.39, 0.29) is 17.7 Å². The Hall–Kier alpha value is -3.78. The zero-order valence-corrected chi connectivity index (χ0v) is 24.6. The first-order chi connectivity index (χ1) is 20.4. The van der Waals surface area contributed by atoms with Gasteiger partial charge in [-0.2, -0.15) is 5.10 Å². The lowest BCUT2D eigenvalue weighted by molar-refractivity contribution is -0.118. The van der Waals surface area contributed by atoms with Crippen LogP contribution in [0.25, 0.3) is 11.1 Å². The number of nitrogens with one attached hydrogen (secondary N) is 3. The van der Waals surface area contributed by atoms with Crippen molar-refractivity contribution in [2.45, 2.75) is 70.4 Å². The number of hydrogen-bond donors (Lipinski definition) is 3. The number of aromatic nitrogens is 3. The molecule has 0 spiro atoms. The van der Waals surface area contributed by atoms with Crippen LogP contribution in [0.5, 0.6) is 0 Å².